The Morgan fingerprint density at radius 1 is 1.39 bits per heavy atom. The molecule has 23 heavy (non-hydrogen) atoms. The Morgan fingerprint density at radius 3 is 2.78 bits per heavy atom. The van der Waals surface area contributed by atoms with Crippen molar-refractivity contribution in [3.05, 3.63) is 12.4 Å². The molecule has 1 aromatic rings. The summed E-state index contributed by atoms with van der Waals surface area (Å²) in [6.07, 6.45) is 8.90. The summed E-state index contributed by atoms with van der Waals surface area (Å²) in [6.45, 7) is 2.29. The summed E-state index contributed by atoms with van der Waals surface area (Å²) < 4.78 is 24.9. The summed E-state index contributed by atoms with van der Waals surface area (Å²) in [6, 6.07) is 0. The van der Waals surface area contributed by atoms with Gasteiger partial charge in [-0.1, -0.05) is 5.21 Å². The summed E-state index contributed by atoms with van der Waals surface area (Å²) >= 11 is 0. The van der Waals surface area contributed by atoms with Crippen LogP contribution in [0.3, 0.4) is 0 Å². The first-order valence-electron chi connectivity index (χ1n) is 8.15. The van der Waals surface area contributed by atoms with Crippen LogP contribution >= 0.6 is 0 Å². The van der Waals surface area contributed by atoms with Crippen LogP contribution in [0.2, 0.25) is 0 Å². The van der Waals surface area contributed by atoms with Gasteiger partial charge in [0.25, 0.3) is 0 Å². The van der Waals surface area contributed by atoms with Crippen LogP contribution in [0.15, 0.2) is 12.4 Å². The largest absolute Gasteiger partial charge is 0.342 e. The number of aromatic nitrogens is 3. The van der Waals surface area contributed by atoms with Crippen LogP contribution in [0.25, 0.3) is 0 Å². The molecule has 0 aromatic carbocycles. The normalized spacial score (nSPS) is 23.7. The smallest absolute Gasteiger partial charge is 0.223 e. The van der Waals surface area contributed by atoms with Crippen molar-refractivity contribution in [2.24, 2.45) is 11.3 Å². The second-order valence-electron chi connectivity index (χ2n) is 7.22. The molecule has 1 amide bonds. The van der Waals surface area contributed by atoms with Gasteiger partial charge in [0.1, 0.15) is 9.84 Å². The van der Waals surface area contributed by atoms with Gasteiger partial charge in [0.15, 0.2) is 0 Å². The molecule has 3 rings (SSSR count). The number of rotatable bonds is 6. The van der Waals surface area contributed by atoms with Gasteiger partial charge in [-0.3, -0.25) is 9.48 Å². The van der Waals surface area contributed by atoms with Crippen molar-refractivity contribution in [3.63, 3.8) is 0 Å². The van der Waals surface area contributed by atoms with E-state index in [0.29, 0.717) is 12.3 Å². The molecule has 0 spiro atoms. The molecular weight excluding hydrogens is 316 g/mol. The lowest BCUT2D eigenvalue weighted by Gasteiger charge is -2.33. The van der Waals surface area contributed by atoms with E-state index in [1.165, 1.54) is 6.26 Å². The fraction of sp³-hybridized carbons (Fsp3) is 0.800. The molecule has 128 valence electrons. The summed E-state index contributed by atoms with van der Waals surface area (Å²) in [5, 5.41) is 7.79. The Hall–Kier alpha value is -1.44. The highest BCUT2D eigenvalue weighted by molar-refractivity contribution is 7.90. The predicted octanol–water partition coefficient (Wildman–Crippen LogP) is 0.732. The molecule has 1 unspecified atom stereocenters. The second kappa shape index (κ2) is 6.22. The highest BCUT2D eigenvalue weighted by Crippen LogP contribution is 2.50. The minimum absolute atomic E-state index is 0.106. The van der Waals surface area contributed by atoms with E-state index in [-0.39, 0.29) is 17.1 Å². The fourth-order valence-electron chi connectivity index (χ4n) is 3.57. The van der Waals surface area contributed by atoms with Crippen molar-refractivity contribution in [1.82, 2.24) is 19.9 Å². The van der Waals surface area contributed by atoms with E-state index in [0.717, 1.165) is 45.3 Å². The monoisotopic (exact) mass is 340 g/mol. The van der Waals surface area contributed by atoms with Gasteiger partial charge >= 0.3 is 0 Å². The summed E-state index contributed by atoms with van der Waals surface area (Å²) in [7, 11) is -3.03. The summed E-state index contributed by atoms with van der Waals surface area (Å²) in [5.41, 5.74) is -0.288. The zero-order valence-electron chi connectivity index (χ0n) is 13.5. The number of sulfone groups is 1. The third-order valence-electron chi connectivity index (χ3n) is 4.84. The number of amides is 1. The molecular formula is C15H24N4O3S. The molecule has 2 heterocycles. The van der Waals surface area contributed by atoms with Gasteiger partial charge in [0, 0.05) is 38.5 Å². The predicted molar refractivity (Wildman–Crippen MR) is 85.3 cm³/mol. The molecule has 0 radical (unpaired) electrons. The van der Waals surface area contributed by atoms with Crippen LogP contribution in [0, 0.1) is 11.3 Å². The van der Waals surface area contributed by atoms with Gasteiger partial charge in [-0.05, 0) is 37.0 Å². The SMILES string of the molecule is CS(=O)(=O)CC1(CC(=O)N2CCCC(Cn3ccnn3)C2)CC1. The quantitative estimate of drug-likeness (QED) is 0.762. The maximum Gasteiger partial charge on any atom is 0.223 e. The van der Waals surface area contributed by atoms with E-state index < -0.39 is 9.84 Å². The van der Waals surface area contributed by atoms with E-state index in [9.17, 15) is 13.2 Å². The van der Waals surface area contributed by atoms with Crippen LogP contribution in [-0.4, -0.2) is 59.3 Å². The van der Waals surface area contributed by atoms with Gasteiger partial charge in [-0.2, -0.15) is 0 Å². The molecule has 7 nitrogen and oxygen atoms in total. The average Bonchev–Trinajstić information content (AvgIpc) is 2.99. The average molecular weight is 340 g/mol. The first-order chi connectivity index (χ1) is 10.9. The summed E-state index contributed by atoms with van der Waals surface area (Å²) in [4.78, 5) is 14.5. The molecule has 8 heteroatoms. The number of carbonyl (C=O) groups excluding carboxylic acids is 1. The number of hydrogen-bond donors (Lipinski definition) is 0. The molecule has 1 saturated heterocycles. The molecule has 0 N–H and O–H groups in total. The highest BCUT2D eigenvalue weighted by Gasteiger charge is 2.47. The van der Waals surface area contributed by atoms with Crippen molar-refractivity contribution in [3.8, 4) is 0 Å². The molecule has 1 aliphatic heterocycles. The third kappa shape index (κ3) is 4.53. The highest BCUT2D eigenvalue weighted by atomic mass is 32.2. The van der Waals surface area contributed by atoms with E-state index in [4.69, 9.17) is 0 Å². The lowest BCUT2D eigenvalue weighted by molar-refractivity contribution is -0.134. The maximum atomic E-state index is 12.6. The molecule has 1 aliphatic carbocycles. The Bertz CT molecular complexity index is 652. The minimum Gasteiger partial charge on any atom is -0.342 e. The van der Waals surface area contributed by atoms with Crippen LogP contribution in [0.1, 0.15) is 32.1 Å². The van der Waals surface area contributed by atoms with Crippen molar-refractivity contribution >= 4 is 15.7 Å². The molecule has 1 atom stereocenters. The fourth-order valence-corrected chi connectivity index (χ4v) is 5.08. The summed E-state index contributed by atoms with van der Waals surface area (Å²) in [5.74, 6) is 0.635. The molecule has 1 aromatic heterocycles. The van der Waals surface area contributed by atoms with Crippen LogP contribution in [0.5, 0.6) is 0 Å². The van der Waals surface area contributed by atoms with Gasteiger partial charge < -0.3 is 4.90 Å². The first-order valence-corrected chi connectivity index (χ1v) is 10.2. The number of likely N-dealkylation sites (tertiary alicyclic amines) is 1. The van der Waals surface area contributed by atoms with Crippen LogP contribution in [-0.2, 0) is 21.2 Å². The molecule has 2 aliphatic rings. The van der Waals surface area contributed by atoms with E-state index in [1.54, 1.807) is 6.20 Å². The van der Waals surface area contributed by atoms with Crippen molar-refractivity contribution < 1.29 is 13.2 Å². The number of carbonyl (C=O) groups is 1. The first kappa shape index (κ1) is 16.4. The van der Waals surface area contributed by atoms with Crippen LogP contribution < -0.4 is 0 Å². The Balaban J connectivity index is 1.55. The Labute approximate surface area is 137 Å². The van der Waals surface area contributed by atoms with Crippen molar-refractivity contribution in [2.45, 2.75) is 38.6 Å². The van der Waals surface area contributed by atoms with Crippen LogP contribution in [0.4, 0.5) is 0 Å². The van der Waals surface area contributed by atoms with Crippen molar-refractivity contribution in [2.75, 3.05) is 25.1 Å². The Kier molecular flexibility index (Phi) is 4.44. The number of nitrogens with zero attached hydrogens (tertiary/aromatic N) is 4. The van der Waals surface area contributed by atoms with Gasteiger partial charge in [0.2, 0.25) is 5.91 Å². The zero-order chi connectivity index (χ0) is 16.5. The van der Waals surface area contributed by atoms with Gasteiger partial charge in [-0.15, -0.1) is 5.10 Å². The van der Waals surface area contributed by atoms with E-state index in [1.807, 2.05) is 15.8 Å². The molecule has 0 bridgehead atoms. The standard InChI is InChI=1S/C15H24N4O3S/c1-23(21,22)12-15(4-5-15)9-14(20)18-7-2-3-13(10-18)11-19-8-6-16-17-19/h6,8,13H,2-5,7,9-12H2,1H3. The Morgan fingerprint density at radius 2 is 2.17 bits per heavy atom. The number of piperidine rings is 1. The number of hydrogen-bond acceptors (Lipinski definition) is 5. The minimum atomic E-state index is -3.03. The van der Waals surface area contributed by atoms with Crippen molar-refractivity contribution in [1.29, 1.82) is 0 Å². The lowest BCUT2D eigenvalue weighted by atomic mass is 9.96. The molecule has 2 fully saturated rings. The third-order valence-corrected chi connectivity index (χ3v) is 5.98. The topological polar surface area (TPSA) is 85.2 Å². The van der Waals surface area contributed by atoms with E-state index >= 15 is 0 Å². The van der Waals surface area contributed by atoms with Gasteiger partial charge in [-0.25, -0.2) is 8.42 Å². The van der Waals surface area contributed by atoms with Gasteiger partial charge in [0.05, 0.1) is 11.9 Å². The second-order valence-corrected chi connectivity index (χ2v) is 9.36. The zero-order valence-corrected chi connectivity index (χ0v) is 14.3. The maximum absolute atomic E-state index is 12.6. The molecule has 1 saturated carbocycles. The lowest BCUT2D eigenvalue weighted by Crippen LogP contribution is -2.42. The van der Waals surface area contributed by atoms with E-state index in [2.05, 4.69) is 10.3 Å².